The van der Waals surface area contributed by atoms with E-state index >= 15 is 0 Å². The first-order chi connectivity index (χ1) is 12.3. The molecular weight excluding hydrogens is 352 g/mol. The van der Waals surface area contributed by atoms with Gasteiger partial charge in [0.2, 0.25) is 10.0 Å². The summed E-state index contributed by atoms with van der Waals surface area (Å²) in [6, 6.07) is 1.94. The molecule has 3 heterocycles. The summed E-state index contributed by atoms with van der Waals surface area (Å²) in [6.45, 7) is 4.16. The lowest BCUT2D eigenvalue weighted by Gasteiger charge is -2.22. The molecule has 1 fully saturated rings. The predicted molar refractivity (Wildman–Crippen MR) is 102 cm³/mol. The molecule has 26 heavy (non-hydrogen) atoms. The minimum Gasteiger partial charge on any atom is -0.362 e. The number of aromatic nitrogens is 1. The van der Waals surface area contributed by atoms with Crippen LogP contribution >= 0.6 is 0 Å². The van der Waals surface area contributed by atoms with E-state index in [1.807, 2.05) is 30.0 Å². The van der Waals surface area contributed by atoms with Crippen LogP contribution in [-0.2, 0) is 22.9 Å². The Kier molecular flexibility index (Phi) is 5.53. The van der Waals surface area contributed by atoms with E-state index < -0.39 is 10.0 Å². The zero-order valence-electron chi connectivity index (χ0n) is 15.9. The number of fused-ring (bicyclic) bond motifs is 1. The third-order valence-electron chi connectivity index (χ3n) is 5.21. The number of hydrogen-bond donors (Lipinski definition) is 0. The molecule has 0 bridgehead atoms. The third kappa shape index (κ3) is 3.71. The molecule has 0 unspecified atom stereocenters. The fourth-order valence-corrected chi connectivity index (χ4v) is 4.76. The first-order valence-corrected chi connectivity index (χ1v) is 10.9. The van der Waals surface area contributed by atoms with Gasteiger partial charge in [-0.3, -0.25) is 4.79 Å². The van der Waals surface area contributed by atoms with Crippen molar-refractivity contribution >= 4 is 21.7 Å². The molecule has 0 radical (unpaired) electrons. The minimum absolute atomic E-state index is 0.0313. The van der Waals surface area contributed by atoms with Gasteiger partial charge in [0, 0.05) is 52.4 Å². The van der Waals surface area contributed by atoms with Crippen LogP contribution in [0.15, 0.2) is 6.07 Å². The first-order valence-electron chi connectivity index (χ1n) is 9.30. The number of hydrogen-bond acceptors (Lipinski definition) is 5. The molecule has 144 valence electrons. The summed E-state index contributed by atoms with van der Waals surface area (Å²) >= 11 is 0. The fraction of sp³-hybridized carbons (Fsp3) is 0.667. The normalized spacial score (nSPS) is 18.5. The highest BCUT2D eigenvalue weighted by atomic mass is 32.2. The van der Waals surface area contributed by atoms with Crippen LogP contribution in [0.3, 0.4) is 0 Å². The molecule has 7 nitrogen and oxygen atoms in total. The van der Waals surface area contributed by atoms with Crippen molar-refractivity contribution in [1.29, 1.82) is 0 Å². The van der Waals surface area contributed by atoms with Gasteiger partial charge in [-0.2, -0.15) is 0 Å². The highest BCUT2D eigenvalue weighted by Gasteiger charge is 2.28. The second-order valence-electron chi connectivity index (χ2n) is 7.16. The van der Waals surface area contributed by atoms with Gasteiger partial charge >= 0.3 is 0 Å². The predicted octanol–water partition coefficient (Wildman–Crippen LogP) is 1.13. The van der Waals surface area contributed by atoms with Crippen molar-refractivity contribution in [3.05, 3.63) is 22.9 Å². The molecule has 3 rings (SSSR count). The van der Waals surface area contributed by atoms with Gasteiger partial charge < -0.3 is 9.80 Å². The smallest absolute Gasteiger partial charge is 0.257 e. The Bertz CT molecular complexity index is 786. The summed E-state index contributed by atoms with van der Waals surface area (Å²) in [5.74, 6) is 0.814. The number of anilines is 1. The molecule has 0 aromatic carbocycles. The van der Waals surface area contributed by atoms with Gasteiger partial charge in [0.05, 0.1) is 11.3 Å². The van der Waals surface area contributed by atoms with Crippen LogP contribution in [0, 0.1) is 0 Å². The number of rotatable bonds is 4. The number of carbonyl (C=O) groups is 1. The van der Waals surface area contributed by atoms with Crippen molar-refractivity contribution in [2.24, 2.45) is 0 Å². The topological polar surface area (TPSA) is 73.8 Å². The molecule has 1 saturated heterocycles. The molecule has 8 heteroatoms. The zero-order valence-corrected chi connectivity index (χ0v) is 16.7. The number of carbonyl (C=O) groups excluding carboxylic acids is 1. The average molecular weight is 381 g/mol. The lowest BCUT2D eigenvalue weighted by atomic mass is 10.0. The SMILES string of the molecule is CCS(=O)(=O)N1CCc2cc(C(=O)N3CCCC3)c(N(C)C)nc2CC1. The highest BCUT2D eigenvalue weighted by molar-refractivity contribution is 7.89. The van der Waals surface area contributed by atoms with E-state index in [0.29, 0.717) is 37.3 Å². The Hall–Kier alpha value is -1.67. The van der Waals surface area contributed by atoms with Crippen LogP contribution in [0.5, 0.6) is 0 Å². The van der Waals surface area contributed by atoms with Crippen LogP contribution in [0.2, 0.25) is 0 Å². The number of amides is 1. The lowest BCUT2D eigenvalue weighted by Crippen LogP contribution is -2.34. The first kappa shape index (κ1) is 19.1. The molecule has 0 aliphatic carbocycles. The van der Waals surface area contributed by atoms with Gasteiger partial charge in [0.1, 0.15) is 5.82 Å². The van der Waals surface area contributed by atoms with Gasteiger partial charge in [0.25, 0.3) is 5.91 Å². The van der Waals surface area contributed by atoms with Gasteiger partial charge in [-0.15, -0.1) is 0 Å². The molecule has 2 aliphatic rings. The Labute approximate surface area is 156 Å². The molecule has 1 aromatic heterocycles. The maximum atomic E-state index is 13.0. The van der Waals surface area contributed by atoms with Crippen LogP contribution in [0.25, 0.3) is 0 Å². The summed E-state index contributed by atoms with van der Waals surface area (Å²) in [5.41, 5.74) is 2.52. The number of sulfonamides is 1. The number of likely N-dealkylation sites (tertiary alicyclic amines) is 1. The Morgan fingerprint density at radius 2 is 1.81 bits per heavy atom. The van der Waals surface area contributed by atoms with Crippen molar-refractivity contribution < 1.29 is 13.2 Å². The van der Waals surface area contributed by atoms with Crippen LogP contribution < -0.4 is 4.90 Å². The largest absolute Gasteiger partial charge is 0.362 e. The number of nitrogens with zero attached hydrogens (tertiary/aromatic N) is 4. The quantitative estimate of drug-likeness (QED) is 0.783. The summed E-state index contributed by atoms with van der Waals surface area (Å²) in [5, 5.41) is 0. The summed E-state index contributed by atoms with van der Waals surface area (Å²) in [4.78, 5) is 21.5. The average Bonchev–Trinajstić information content (AvgIpc) is 3.07. The van der Waals surface area contributed by atoms with Gasteiger partial charge in [-0.05, 0) is 37.8 Å². The molecule has 0 N–H and O–H groups in total. The van der Waals surface area contributed by atoms with E-state index in [1.54, 1.807) is 11.2 Å². The van der Waals surface area contributed by atoms with Crippen molar-refractivity contribution in [2.75, 3.05) is 50.9 Å². The minimum atomic E-state index is -3.21. The fourth-order valence-electron chi connectivity index (χ4n) is 3.65. The Balaban J connectivity index is 1.94. The van der Waals surface area contributed by atoms with Crippen molar-refractivity contribution in [2.45, 2.75) is 32.6 Å². The van der Waals surface area contributed by atoms with E-state index in [0.717, 1.165) is 37.2 Å². The molecule has 1 aromatic rings. The summed E-state index contributed by atoms with van der Waals surface area (Å²) in [6.07, 6.45) is 3.26. The molecule has 0 spiro atoms. The van der Waals surface area contributed by atoms with E-state index in [-0.39, 0.29) is 11.7 Å². The van der Waals surface area contributed by atoms with Crippen molar-refractivity contribution in [3.8, 4) is 0 Å². The van der Waals surface area contributed by atoms with E-state index in [9.17, 15) is 13.2 Å². The Morgan fingerprint density at radius 3 is 2.42 bits per heavy atom. The van der Waals surface area contributed by atoms with Crippen molar-refractivity contribution in [1.82, 2.24) is 14.2 Å². The Morgan fingerprint density at radius 1 is 1.15 bits per heavy atom. The van der Waals surface area contributed by atoms with E-state index in [1.165, 1.54) is 0 Å². The van der Waals surface area contributed by atoms with Crippen LogP contribution in [-0.4, -0.2) is 74.5 Å². The standard InChI is InChI=1S/C18H28N4O3S/c1-4-26(24,25)22-11-7-14-13-15(18(23)21-9-5-6-10-21)17(20(2)3)19-16(14)8-12-22/h13H,4-12H2,1-3H3. The molecule has 1 amide bonds. The number of pyridine rings is 1. The molecular formula is C18H28N4O3S. The maximum Gasteiger partial charge on any atom is 0.257 e. The van der Waals surface area contributed by atoms with Crippen molar-refractivity contribution in [3.63, 3.8) is 0 Å². The molecule has 2 aliphatic heterocycles. The summed E-state index contributed by atoms with van der Waals surface area (Å²) < 4.78 is 26.0. The van der Waals surface area contributed by atoms with Gasteiger partial charge in [-0.25, -0.2) is 17.7 Å². The molecule has 0 atom stereocenters. The van der Waals surface area contributed by atoms with E-state index in [2.05, 4.69) is 0 Å². The second-order valence-corrected chi connectivity index (χ2v) is 9.42. The second kappa shape index (κ2) is 7.52. The molecule has 0 saturated carbocycles. The zero-order chi connectivity index (χ0) is 18.9. The van der Waals surface area contributed by atoms with Gasteiger partial charge in [0.15, 0.2) is 0 Å². The monoisotopic (exact) mass is 380 g/mol. The lowest BCUT2D eigenvalue weighted by molar-refractivity contribution is 0.0793. The third-order valence-corrected chi connectivity index (χ3v) is 7.09. The highest BCUT2D eigenvalue weighted by Crippen LogP contribution is 2.26. The maximum absolute atomic E-state index is 13.0. The van der Waals surface area contributed by atoms with Crippen LogP contribution in [0.1, 0.15) is 41.4 Å². The van der Waals surface area contributed by atoms with Crippen LogP contribution in [0.4, 0.5) is 5.82 Å². The van der Waals surface area contributed by atoms with Gasteiger partial charge in [-0.1, -0.05) is 0 Å². The summed E-state index contributed by atoms with van der Waals surface area (Å²) in [7, 11) is 0.570. The van der Waals surface area contributed by atoms with E-state index in [4.69, 9.17) is 4.98 Å².